The number of nitrogens with zero attached hydrogens (tertiary/aromatic N) is 2. The Balaban J connectivity index is 1.94. The zero-order valence-electron chi connectivity index (χ0n) is 13.6. The van der Waals surface area contributed by atoms with E-state index in [1.165, 1.54) is 12.1 Å². The molecule has 126 valence electrons. The van der Waals surface area contributed by atoms with Crippen molar-refractivity contribution in [2.45, 2.75) is 20.1 Å². The quantitative estimate of drug-likeness (QED) is 0.620. The molecule has 3 aromatic rings. The number of methoxy groups -OCH3 is 1. The first kappa shape index (κ1) is 16.9. The molecule has 0 aliphatic rings. The lowest BCUT2D eigenvalue weighted by molar-refractivity contribution is 0.187. The zero-order valence-corrected chi connectivity index (χ0v) is 15.1. The van der Waals surface area contributed by atoms with Crippen molar-refractivity contribution in [3.05, 3.63) is 58.1 Å². The minimum absolute atomic E-state index is 0.253. The van der Waals surface area contributed by atoms with Gasteiger partial charge in [-0.05, 0) is 36.8 Å². The third-order valence-corrected chi connectivity index (χ3v) is 4.25. The van der Waals surface area contributed by atoms with E-state index in [4.69, 9.17) is 9.47 Å². The highest BCUT2D eigenvalue weighted by atomic mass is 79.9. The highest BCUT2D eigenvalue weighted by molar-refractivity contribution is 9.10. The average Bonchev–Trinajstić information content (AvgIpc) is 2.87. The van der Waals surface area contributed by atoms with E-state index in [2.05, 4.69) is 25.5 Å². The summed E-state index contributed by atoms with van der Waals surface area (Å²) in [6.07, 6.45) is 0. The van der Waals surface area contributed by atoms with E-state index in [-0.39, 0.29) is 5.82 Å². The normalized spacial score (nSPS) is 11.2. The summed E-state index contributed by atoms with van der Waals surface area (Å²) in [6.45, 7) is 3.63. The van der Waals surface area contributed by atoms with Crippen LogP contribution in [0.2, 0.25) is 0 Å². The molecule has 0 spiro atoms. The molecular formula is C18H18BrFN2O2. The zero-order chi connectivity index (χ0) is 17.1. The van der Waals surface area contributed by atoms with E-state index in [0.717, 1.165) is 32.6 Å². The fourth-order valence-electron chi connectivity index (χ4n) is 2.62. The Morgan fingerprint density at radius 2 is 1.96 bits per heavy atom. The van der Waals surface area contributed by atoms with Crippen LogP contribution in [0.4, 0.5) is 4.39 Å². The van der Waals surface area contributed by atoms with E-state index in [9.17, 15) is 4.39 Å². The van der Waals surface area contributed by atoms with Crippen LogP contribution in [0.15, 0.2) is 40.9 Å². The van der Waals surface area contributed by atoms with Gasteiger partial charge in [0.25, 0.3) is 0 Å². The largest absolute Gasteiger partial charge is 0.487 e. The smallest absolute Gasteiger partial charge is 0.146 e. The molecule has 0 N–H and O–H groups in total. The van der Waals surface area contributed by atoms with Crippen molar-refractivity contribution < 1.29 is 13.9 Å². The summed E-state index contributed by atoms with van der Waals surface area (Å²) >= 11 is 3.50. The van der Waals surface area contributed by atoms with Crippen molar-refractivity contribution in [2.24, 2.45) is 0 Å². The summed E-state index contributed by atoms with van der Waals surface area (Å²) in [5.74, 6) is 1.39. The molecule has 1 aromatic heterocycles. The Morgan fingerprint density at radius 3 is 2.67 bits per heavy atom. The Kier molecular flexibility index (Phi) is 5.16. The Hall–Kier alpha value is -1.92. The van der Waals surface area contributed by atoms with Crippen molar-refractivity contribution in [1.29, 1.82) is 0 Å². The molecule has 0 radical (unpaired) electrons. The summed E-state index contributed by atoms with van der Waals surface area (Å²) in [6, 6.07) is 10.2. The van der Waals surface area contributed by atoms with Gasteiger partial charge in [-0.1, -0.05) is 28.1 Å². The van der Waals surface area contributed by atoms with Gasteiger partial charge in [-0.3, -0.25) is 0 Å². The second kappa shape index (κ2) is 7.32. The summed E-state index contributed by atoms with van der Waals surface area (Å²) in [4.78, 5) is 4.60. The fraction of sp³-hybridized carbons (Fsp3) is 0.278. The van der Waals surface area contributed by atoms with Crippen molar-refractivity contribution in [2.75, 3.05) is 13.7 Å². The van der Waals surface area contributed by atoms with Gasteiger partial charge in [0.2, 0.25) is 0 Å². The van der Waals surface area contributed by atoms with Crippen LogP contribution in [0.3, 0.4) is 0 Å². The molecule has 4 nitrogen and oxygen atoms in total. The van der Waals surface area contributed by atoms with Gasteiger partial charge in [0, 0.05) is 18.1 Å². The number of fused-ring (bicyclic) bond motifs is 1. The molecule has 6 heteroatoms. The Bertz CT molecular complexity index is 846. The number of rotatable bonds is 6. The van der Waals surface area contributed by atoms with Gasteiger partial charge in [0.15, 0.2) is 0 Å². The molecular weight excluding hydrogens is 375 g/mol. The number of ether oxygens (including phenoxy) is 2. The van der Waals surface area contributed by atoms with Crippen LogP contribution in [-0.4, -0.2) is 23.3 Å². The summed E-state index contributed by atoms with van der Waals surface area (Å²) in [5, 5.41) is 0. The summed E-state index contributed by atoms with van der Waals surface area (Å²) in [5.41, 5.74) is 2.71. The van der Waals surface area contributed by atoms with E-state index < -0.39 is 0 Å². The number of imidazole rings is 1. The van der Waals surface area contributed by atoms with Crippen molar-refractivity contribution in [3.63, 3.8) is 0 Å². The van der Waals surface area contributed by atoms with Crippen molar-refractivity contribution in [3.8, 4) is 5.75 Å². The Morgan fingerprint density at radius 1 is 1.21 bits per heavy atom. The molecule has 0 saturated heterocycles. The second-order valence-electron chi connectivity index (χ2n) is 5.49. The highest BCUT2D eigenvalue weighted by Gasteiger charge is 2.14. The van der Waals surface area contributed by atoms with E-state index in [0.29, 0.717) is 19.8 Å². The lowest BCUT2D eigenvalue weighted by Crippen LogP contribution is -2.07. The van der Waals surface area contributed by atoms with Crippen LogP contribution in [0.1, 0.15) is 11.4 Å². The van der Waals surface area contributed by atoms with Gasteiger partial charge in [0.1, 0.15) is 29.5 Å². The van der Waals surface area contributed by atoms with Gasteiger partial charge < -0.3 is 14.0 Å². The maximum atomic E-state index is 13.0. The molecule has 0 aliphatic carbocycles. The molecule has 3 rings (SSSR count). The highest BCUT2D eigenvalue weighted by Crippen LogP contribution is 2.31. The number of benzene rings is 2. The van der Waals surface area contributed by atoms with Gasteiger partial charge in [-0.2, -0.15) is 0 Å². The third-order valence-electron chi connectivity index (χ3n) is 3.79. The third kappa shape index (κ3) is 3.60. The molecule has 0 aliphatic heterocycles. The maximum absolute atomic E-state index is 13.0. The monoisotopic (exact) mass is 392 g/mol. The average molecular weight is 393 g/mol. The maximum Gasteiger partial charge on any atom is 0.146 e. The topological polar surface area (TPSA) is 36.3 Å². The predicted molar refractivity (Wildman–Crippen MR) is 94.8 cm³/mol. The van der Waals surface area contributed by atoms with Crippen molar-refractivity contribution in [1.82, 2.24) is 9.55 Å². The number of halogens is 2. The van der Waals surface area contributed by atoms with Crippen molar-refractivity contribution >= 4 is 27.0 Å². The van der Waals surface area contributed by atoms with E-state index in [1.54, 1.807) is 19.2 Å². The second-order valence-corrected chi connectivity index (χ2v) is 6.41. The molecule has 0 atom stereocenters. The SMILES string of the molecule is COCCn1c(C)nc2cc(Br)cc(OCc3ccc(F)cc3)c21. The van der Waals surface area contributed by atoms with Gasteiger partial charge >= 0.3 is 0 Å². The number of hydrogen-bond donors (Lipinski definition) is 0. The van der Waals surface area contributed by atoms with Crippen LogP contribution >= 0.6 is 15.9 Å². The number of aryl methyl sites for hydroxylation is 1. The molecule has 2 aromatic carbocycles. The van der Waals surface area contributed by atoms with Crippen LogP contribution in [0.5, 0.6) is 5.75 Å². The number of hydrogen-bond acceptors (Lipinski definition) is 3. The molecule has 0 amide bonds. The summed E-state index contributed by atoms with van der Waals surface area (Å²) < 4.78 is 27.2. The fourth-order valence-corrected chi connectivity index (χ4v) is 3.05. The first-order chi connectivity index (χ1) is 11.6. The Labute approximate surface area is 148 Å². The predicted octanol–water partition coefficient (Wildman–Crippen LogP) is 4.47. The first-order valence-corrected chi connectivity index (χ1v) is 8.40. The molecule has 0 fully saturated rings. The van der Waals surface area contributed by atoms with Gasteiger partial charge in [-0.15, -0.1) is 0 Å². The molecule has 1 heterocycles. The molecule has 0 bridgehead atoms. The first-order valence-electron chi connectivity index (χ1n) is 7.61. The van der Waals surface area contributed by atoms with Crippen LogP contribution in [-0.2, 0) is 17.9 Å². The van der Waals surface area contributed by atoms with E-state index in [1.807, 2.05) is 19.1 Å². The minimum atomic E-state index is -0.253. The lowest BCUT2D eigenvalue weighted by Gasteiger charge is -2.12. The molecule has 0 unspecified atom stereocenters. The molecule has 24 heavy (non-hydrogen) atoms. The molecule has 0 saturated carbocycles. The lowest BCUT2D eigenvalue weighted by atomic mass is 10.2. The van der Waals surface area contributed by atoms with Gasteiger partial charge in [-0.25, -0.2) is 9.37 Å². The van der Waals surface area contributed by atoms with Gasteiger partial charge in [0.05, 0.1) is 12.1 Å². The van der Waals surface area contributed by atoms with Crippen LogP contribution < -0.4 is 4.74 Å². The standard InChI is InChI=1S/C18H18BrFN2O2/c1-12-21-16-9-14(19)10-17(18(16)22(12)7-8-23-2)24-11-13-3-5-15(20)6-4-13/h3-6,9-10H,7-8,11H2,1-2H3. The summed E-state index contributed by atoms with van der Waals surface area (Å²) in [7, 11) is 1.68. The number of aromatic nitrogens is 2. The van der Waals surface area contributed by atoms with Crippen LogP contribution in [0.25, 0.3) is 11.0 Å². The minimum Gasteiger partial charge on any atom is -0.487 e. The van der Waals surface area contributed by atoms with E-state index >= 15 is 0 Å². The van der Waals surface area contributed by atoms with Crippen LogP contribution in [0, 0.1) is 12.7 Å².